The van der Waals surface area contributed by atoms with E-state index in [0.717, 1.165) is 0 Å². The van der Waals surface area contributed by atoms with Crippen LogP contribution in [-0.4, -0.2) is 29.2 Å². The molecule has 0 aromatic carbocycles. The molecule has 0 saturated carbocycles. The lowest BCUT2D eigenvalue weighted by Gasteiger charge is -1.81. The lowest BCUT2D eigenvalue weighted by atomic mass is 10.3. The van der Waals surface area contributed by atoms with Crippen molar-refractivity contribution in [3.8, 4) is 0 Å². The predicted octanol–water partition coefficient (Wildman–Crippen LogP) is -0.0352. The lowest BCUT2D eigenvalue weighted by Crippen LogP contribution is -2.05. The maximum atomic E-state index is 10.2. The van der Waals surface area contributed by atoms with E-state index in [9.17, 15) is 14.4 Å². The molecule has 0 aliphatic rings. The number of hydrogen-bond donors (Lipinski definition) is 2. The summed E-state index contributed by atoms with van der Waals surface area (Å²) in [5.74, 6) is -0.457. The van der Waals surface area contributed by atoms with Gasteiger partial charge in [0.2, 0.25) is 5.91 Å². The molecule has 0 saturated heterocycles. The highest BCUT2D eigenvalue weighted by Crippen LogP contribution is 1.82. The quantitative estimate of drug-likeness (QED) is 0.629. The maximum Gasteiger partial charge on any atom is 0.241 e. The van der Waals surface area contributed by atoms with E-state index in [1.807, 2.05) is 0 Å². The van der Waals surface area contributed by atoms with E-state index < -0.39 is 5.91 Å². The zero-order chi connectivity index (χ0) is 12.3. The third kappa shape index (κ3) is 24.5. The fraction of sp³-hybridized carbons (Fsp3) is 0.500. The van der Waals surface area contributed by atoms with Crippen molar-refractivity contribution >= 4 is 17.5 Å². The molecular weight excluding hydrogens is 198 g/mol. The highest BCUT2D eigenvalue weighted by Gasteiger charge is 1.86. The number of hydrogen-bond acceptors (Lipinski definition) is 4. The summed E-state index contributed by atoms with van der Waals surface area (Å²) in [6.45, 7) is 2.89. The van der Waals surface area contributed by atoms with Crippen LogP contribution < -0.4 is 5.73 Å². The van der Waals surface area contributed by atoms with Gasteiger partial charge in [0.1, 0.15) is 11.6 Å². The Labute approximate surface area is 89.0 Å². The van der Waals surface area contributed by atoms with Crippen molar-refractivity contribution < 1.29 is 19.5 Å². The zero-order valence-corrected chi connectivity index (χ0v) is 9.03. The Morgan fingerprint density at radius 2 is 1.73 bits per heavy atom. The van der Waals surface area contributed by atoms with Crippen molar-refractivity contribution in [1.82, 2.24) is 0 Å². The van der Waals surface area contributed by atoms with Crippen LogP contribution in [0.15, 0.2) is 12.2 Å². The number of amides is 1. The van der Waals surface area contributed by atoms with Gasteiger partial charge in [-0.25, -0.2) is 0 Å². The molecule has 0 aliphatic carbocycles. The maximum absolute atomic E-state index is 10.2. The molecule has 1 amide bonds. The first-order valence-corrected chi connectivity index (χ1v) is 4.45. The Hall–Kier alpha value is -1.49. The van der Waals surface area contributed by atoms with E-state index in [1.54, 1.807) is 0 Å². The minimum atomic E-state index is -0.517. The molecule has 0 aliphatic heterocycles. The molecule has 0 aromatic rings. The van der Waals surface area contributed by atoms with Crippen LogP contribution in [0.3, 0.4) is 0 Å². The van der Waals surface area contributed by atoms with Gasteiger partial charge in [-0.3, -0.25) is 14.4 Å². The standard InChI is InChI=1S/C6H9NO2.C4H8O2/c1-5(8)3-2-4-6(7)9;1-4(6)2-3-5/h2,4H,3H2,1H3,(H2,7,9);5H,2-3H2,1H3. The van der Waals surface area contributed by atoms with Gasteiger partial charge in [-0.2, -0.15) is 0 Å². The van der Waals surface area contributed by atoms with E-state index in [1.165, 1.54) is 26.0 Å². The van der Waals surface area contributed by atoms with Gasteiger partial charge in [-0.1, -0.05) is 6.08 Å². The van der Waals surface area contributed by atoms with Gasteiger partial charge in [0.15, 0.2) is 0 Å². The third-order valence-corrected chi connectivity index (χ3v) is 1.15. The summed E-state index contributed by atoms with van der Waals surface area (Å²) >= 11 is 0. The molecule has 0 atom stereocenters. The smallest absolute Gasteiger partial charge is 0.241 e. The van der Waals surface area contributed by atoms with Crippen LogP contribution >= 0.6 is 0 Å². The first kappa shape index (κ1) is 16.0. The van der Waals surface area contributed by atoms with Gasteiger partial charge in [0, 0.05) is 19.4 Å². The van der Waals surface area contributed by atoms with E-state index >= 15 is 0 Å². The molecule has 3 N–H and O–H groups in total. The molecule has 0 fully saturated rings. The van der Waals surface area contributed by atoms with Crippen LogP contribution in [0, 0.1) is 0 Å². The number of rotatable bonds is 5. The van der Waals surface area contributed by atoms with E-state index in [-0.39, 0.29) is 24.6 Å². The second-order valence-corrected chi connectivity index (χ2v) is 2.89. The molecule has 5 heteroatoms. The molecule has 0 rings (SSSR count). The van der Waals surface area contributed by atoms with Gasteiger partial charge >= 0.3 is 0 Å². The molecule has 0 unspecified atom stereocenters. The number of ketones is 2. The van der Waals surface area contributed by atoms with Crippen LogP contribution in [0.2, 0.25) is 0 Å². The molecule has 5 nitrogen and oxygen atoms in total. The molecule has 0 aromatic heterocycles. The summed E-state index contributed by atoms with van der Waals surface area (Å²) in [5, 5.41) is 8.02. The van der Waals surface area contributed by atoms with E-state index in [2.05, 4.69) is 0 Å². The van der Waals surface area contributed by atoms with Crippen molar-refractivity contribution in [1.29, 1.82) is 0 Å². The van der Waals surface area contributed by atoms with Crippen molar-refractivity contribution in [3.63, 3.8) is 0 Å². The van der Waals surface area contributed by atoms with Crippen LogP contribution in [0.4, 0.5) is 0 Å². The molecule has 0 radical (unpaired) electrons. The van der Waals surface area contributed by atoms with Crippen LogP contribution in [0.5, 0.6) is 0 Å². The summed E-state index contributed by atoms with van der Waals surface area (Å²) in [6.07, 6.45) is 3.20. The summed E-state index contributed by atoms with van der Waals surface area (Å²) in [4.78, 5) is 30.1. The first-order valence-electron chi connectivity index (χ1n) is 4.45. The largest absolute Gasteiger partial charge is 0.396 e. The van der Waals surface area contributed by atoms with Crippen molar-refractivity contribution in [2.45, 2.75) is 26.7 Å². The fourth-order valence-electron chi connectivity index (χ4n) is 0.498. The number of Topliss-reactive ketones (excluding diaryl/α,β-unsaturated/α-hetero) is 2. The van der Waals surface area contributed by atoms with Gasteiger partial charge in [0.25, 0.3) is 0 Å². The number of carbonyl (C=O) groups excluding carboxylic acids is 3. The van der Waals surface area contributed by atoms with Crippen molar-refractivity contribution in [3.05, 3.63) is 12.2 Å². The molecule has 0 bridgehead atoms. The highest BCUT2D eigenvalue weighted by atomic mass is 16.3. The summed E-state index contributed by atoms with van der Waals surface area (Å²) in [5.41, 5.74) is 4.74. The van der Waals surface area contributed by atoms with Crippen LogP contribution in [-0.2, 0) is 14.4 Å². The third-order valence-electron chi connectivity index (χ3n) is 1.15. The fourth-order valence-corrected chi connectivity index (χ4v) is 0.498. The van der Waals surface area contributed by atoms with Crippen molar-refractivity contribution in [2.24, 2.45) is 5.73 Å². The average molecular weight is 215 g/mol. The second-order valence-electron chi connectivity index (χ2n) is 2.89. The normalized spacial score (nSPS) is 9.27. The minimum Gasteiger partial charge on any atom is -0.396 e. The second kappa shape index (κ2) is 10.6. The number of aliphatic hydroxyl groups is 1. The monoisotopic (exact) mass is 215 g/mol. The molecule has 0 heterocycles. The molecule has 15 heavy (non-hydrogen) atoms. The number of nitrogens with two attached hydrogens (primary N) is 1. The van der Waals surface area contributed by atoms with Gasteiger partial charge in [-0.15, -0.1) is 0 Å². The van der Waals surface area contributed by atoms with Crippen molar-refractivity contribution in [2.75, 3.05) is 6.61 Å². The topological polar surface area (TPSA) is 97.5 Å². The van der Waals surface area contributed by atoms with Crippen LogP contribution in [0.1, 0.15) is 26.7 Å². The van der Waals surface area contributed by atoms with Gasteiger partial charge in [0.05, 0.1) is 0 Å². The zero-order valence-electron chi connectivity index (χ0n) is 9.03. The number of carbonyl (C=O) groups is 3. The Morgan fingerprint density at radius 3 is 1.93 bits per heavy atom. The Kier molecular flexibility index (Phi) is 11.3. The first-order chi connectivity index (χ1) is 6.90. The predicted molar refractivity (Wildman–Crippen MR) is 56.0 cm³/mol. The van der Waals surface area contributed by atoms with E-state index in [4.69, 9.17) is 10.8 Å². The SMILES string of the molecule is CC(=O)CC=CC(N)=O.CC(=O)CCO. The number of allylic oxidation sites excluding steroid dienone is 1. The summed E-state index contributed by atoms with van der Waals surface area (Å²) in [6, 6.07) is 0. The summed E-state index contributed by atoms with van der Waals surface area (Å²) in [7, 11) is 0. The molecule has 0 spiro atoms. The minimum absolute atomic E-state index is 0.0185. The Bertz CT molecular complexity index is 246. The average Bonchev–Trinajstić information content (AvgIpc) is 2.03. The number of aliphatic hydroxyl groups excluding tert-OH is 1. The number of primary amides is 1. The highest BCUT2D eigenvalue weighted by molar-refractivity contribution is 5.87. The molecular formula is C10H17NO4. The molecule has 86 valence electrons. The van der Waals surface area contributed by atoms with Gasteiger partial charge < -0.3 is 10.8 Å². The summed E-state index contributed by atoms with van der Waals surface area (Å²) < 4.78 is 0. The van der Waals surface area contributed by atoms with E-state index in [0.29, 0.717) is 6.42 Å². The van der Waals surface area contributed by atoms with Gasteiger partial charge in [-0.05, 0) is 19.9 Å². The lowest BCUT2D eigenvalue weighted by molar-refractivity contribution is -0.118. The Morgan fingerprint density at radius 1 is 1.20 bits per heavy atom. The Balaban J connectivity index is 0. The van der Waals surface area contributed by atoms with Crippen LogP contribution in [0.25, 0.3) is 0 Å².